The minimum absolute atomic E-state index is 0.129. The van der Waals surface area contributed by atoms with Gasteiger partial charge in [0.05, 0.1) is 0 Å². The lowest BCUT2D eigenvalue weighted by molar-refractivity contribution is -0.119. The van der Waals surface area contributed by atoms with Crippen molar-refractivity contribution >= 4 is 23.4 Å². The number of benzene rings is 2. The second-order valence-electron chi connectivity index (χ2n) is 4.94. The SMILES string of the molecule is CC(=O)NC(Cc1cccc2ccccc12)[B-](O)(O)O. The van der Waals surface area contributed by atoms with Crippen LogP contribution in [0.5, 0.6) is 0 Å². The Bertz CT molecular complexity index is 619. The molecule has 0 heterocycles. The molecule has 0 bridgehead atoms. The summed E-state index contributed by atoms with van der Waals surface area (Å²) in [6.07, 6.45) is 0.129. The van der Waals surface area contributed by atoms with E-state index in [-0.39, 0.29) is 6.42 Å². The Morgan fingerprint density at radius 2 is 1.80 bits per heavy atom. The van der Waals surface area contributed by atoms with Crippen molar-refractivity contribution in [1.82, 2.24) is 5.32 Å². The molecule has 6 heteroatoms. The summed E-state index contributed by atoms with van der Waals surface area (Å²) in [7, 11) is 0. The Kier molecular flexibility index (Phi) is 4.08. The van der Waals surface area contributed by atoms with E-state index in [1.54, 1.807) is 0 Å². The first-order chi connectivity index (χ1) is 9.38. The molecular weight excluding hydrogens is 257 g/mol. The summed E-state index contributed by atoms with van der Waals surface area (Å²) >= 11 is 0. The maximum Gasteiger partial charge on any atom is 0.394 e. The summed E-state index contributed by atoms with van der Waals surface area (Å²) < 4.78 is 0. The number of hydrogen-bond acceptors (Lipinski definition) is 4. The zero-order chi connectivity index (χ0) is 14.8. The van der Waals surface area contributed by atoms with Crippen LogP contribution in [0.4, 0.5) is 0 Å². The van der Waals surface area contributed by atoms with Crippen LogP contribution >= 0.6 is 0 Å². The first-order valence-corrected chi connectivity index (χ1v) is 6.43. The van der Waals surface area contributed by atoms with Crippen molar-refractivity contribution in [2.24, 2.45) is 0 Å². The van der Waals surface area contributed by atoms with Gasteiger partial charge in [-0.1, -0.05) is 42.5 Å². The summed E-state index contributed by atoms with van der Waals surface area (Å²) in [5.74, 6) is -1.57. The standard InChI is InChI=1S/C14H17BNO4/c1-10(17)16-14(15(18,19)20)9-12-7-4-6-11-5-2-3-8-13(11)12/h2-8,14,18-20H,9H2,1H3,(H,16,17)/q-1. The molecule has 0 aliphatic rings. The third-order valence-corrected chi connectivity index (χ3v) is 3.25. The maximum atomic E-state index is 11.1. The summed E-state index contributed by atoms with van der Waals surface area (Å²) in [5.41, 5.74) is 0.824. The van der Waals surface area contributed by atoms with Gasteiger partial charge < -0.3 is 20.4 Å². The molecular formula is C14H17BNO4-. The van der Waals surface area contributed by atoms with Gasteiger partial charge in [-0.15, -0.1) is 0 Å². The van der Waals surface area contributed by atoms with Crippen LogP contribution in [0, 0.1) is 0 Å². The lowest BCUT2D eigenvalue weighted by Gasteiger charge is -2.32. The average Bonchev–Trinajstić information content (AvgIpc) is 2.37. The molecule has 0 fully saturated rings. The molecule has 5 nitrogen and oxygen atoms in total. The van der Waals surface area contributed by atoms with Gasteiger partial charge in [-0.05, 0) is 28.7 Å². The highest BCUT2D eigenvalue weighted by Crippen LogP contribution is 2.20. The van der Waals surface area contributed by atoms with E-state index in [2.05, 4.69) is 5.32 Å². The van der Waals surface area contributed by atoms with Crippen LogP contribution in [-0.4, -0.2) is 33.7 Å². The lowest BCUT2D eigenvalue weighted by Crippen LogP contribution is -2.58. The third kappa shape index (κ3) is 3.36. The Morgan fingerprint density at radius 3 is 2.45 bits per heavy atom. The number of fused-ring (bicyclic) bond motifs is 1. The van der Waals surface area contributed by atoms with Crippen LogP contribution in [0.1, 0.15) is 12.5 Å². The predicted octanol–water partition coefficient (Wildman–Crippen LogP) is 0.342. The Labute approximate surface area is 116 Å². The van der Waals surface area contributed by atoms with E-state index in [1.165, 1.54) is 6.92 Å². The topological polar surface area (TPSA) is 89.8 Å². The zero-order valence-electron chi connectivity index (χ0n) is 11.2. The number of amides is 1. The number of carbonyl (C=O) groups excluding carboxylic acids is 1. The van der Waals surface area contributed by atoms with Gasteiger partial charge in [0, 0.05) is 6.92 Å². The van der Waals surface area contributed by atoms with Crippen molar-refractivity contribution < 1.29 is 19.9 Å². The number of nitrogens with one attached hydrogen (secondary N) is 1. The Morgan fingerprint density at radius 1 is 1.15 bits per heavy atom. The van der Waals surface area contributed by atoms with Crippen LogP contribution in [0.3, 0.4) is 0 Å². The predicted molar refractivity (Wildman–Crippen MR) is 77.7 cm³/mol. The maximum absolute atomic E-state index is 11.1. The summed E-state index contributed by atoms with van der Waals surface area (Å²) in [6.45, 7) is -2.37. The molecule has 1 unspecified atom stereocenters. The fraction of sp³-hybridized carbons (Fsp3) is 0.214. The minimum Gasteiger partial charge on any atom is -0.558 e. The molecule has 106 valence electrons. The molecule has 0 radical (unpaired) electrons. The first kappa shape index (κ1) is 14.5. The van der Waals surface area contributed by atoms with Gasteiger partial charge in [-0.25, -0.2) is 0 Å². The van der Waals surface area contributed by atoms with Gasteiger partial charge in [-0.3, -0.25) is 4.79 Å². The van der Waals surface area contributed by atoms with Crippen LogP contribution in [-0.2, 0) is 11.2 Å². The molecule has 1 amide bonds. The third-order valence-electron chi connectivity index (χ3n) is 3.25. The molecule has 0 saturated heterocycles. The number of hydrogen-bond donors (Lipinski definition) is 4. The van der Waals surface area contributed by atoms with Crippen molar-refractivity contribution in [3.63, 3.8) is 0 Å². The summed E-state index contributed by atoms with van der Waals surface area (Å²) in [4.78, 5) is 11.1. The fourth-order valence-electron chi connectivity index (χ4n) is 2.29. The van der Waals surface area contributed by atoms with Crippen molar-refractivity contribution in [2.45, 2.75) is 19.3 Å². The minimum atomic E-state index is -3.64. The highest BCUT2D eigenvalue weighted by atomic mass is 16.5. The zero-order valence-corrected chi connectivity index (χ0v) is 11.2. The second kappa shape index (κ2) is 5.62. The van der Waals surface area contributed by atoms with Crippen molar-refractivity contribution in [1.29, 1.82) is 0 Å². The molecule has 0 aliphatic carbocycles. The first-order valence-electron chi connectivity index (χ1n) is 6.43. The summed E-state index contributed by atoms with van der Waals surface area (Å²) in [5, 5.41) is 32.6. The average molecular weight is 274 g/mol. The van der Waals surface area contributed by atoms with E-state index in [4.69, 9.17) is 0 Å². The molecule has 0 saturated carbocycles. The smallest absolute Gasteiger partial charge is 0.394 e. The molecule has 2 rings (SSSR count). The molecule has 20 heavy (non-hydrogen) atoms. The van der Waals surface area contributed by atoms with E-state index in [0.717, 1.165) is 16.3 Å². The van der Waals surface area contributed by atoms with Crippen molar-refractivity contribution in [3.8, 4) is 0 Å². The fourth-order valence-corrected chi connectivity index (χ4v) is 2.29. The van der Waals surface area contributed by atoms with Crippen LogP contribution in [0.15, 0.2) is 42.5 Å². The van der Waals surface area contributed by atoms with Crippen molar-refractivity contribution in [2.75, 3.05) is 0 Å². The van der Waals surface area contributed by atoms with E-state index in [1.807, 2.05) is 42.5 Å². The highest BCUT2D eigenvalue weighted by molar-refractivity contribution is 6.58. The normalized spacial score (nSPS) is 13.2. The van der Waals surface area contributed by atoms with Gasteiger partial charge >= 0.3 is 6.75 Å². The largest absolute Gasteiger partial charge is 0.558 e. The van der Waals surface area contributed by atoms with Gasteiger partial charge in [-0.2, -0.15) is 0 Å². The van der Waals surface area contributed by atoms with Gasteiger partial charge in [0.2, 0.25) is 5.91 Å². The van der Waals surface area contributed by atoms with Crippen molar-refractivity contribution in [3.05, 3.63) is 48.0 Å². The summed E-state index contributed by atoms with van der Waals surface area (Å²) in [6, 6.07) is 13.3. The molecule has 4 N–H and O–H groups in total. The highest BCUT2D eigenvalue weighted by Gasteiger charge is 2.29. The van der Waals surface area contributed by atoms with Gasteiger partial charge in [0.15, 0.2) is 0 Å². The molecule has 0 aliphatic heterocycles. The Hall–Kier alpha value is -1.89. The molecule has 0 aromatic heterocycles. The van der Waals surface area contributed by atoms with Gasteiger partial charge in [0.25, 0.3) is 0 Å². The van der Waals surface area contributed by atoms with Crippen LogP contribution in [0.2, 0.25) is 0 Å². The second-order valence-corrected chi connectivity index (χ2v) is 4.94. The number of carbonyl (C=O) groups is 1. The van der Waals surface area contributed by atoms with E-state index in [9.17, 15) is 19.9 Å². The molecule has 1 atom stereocenters. The molecule has 0 spiro atoms. The number of rotatable bonds is 4. The lowest BCUT2D eigenvalue weighted by atomic mass is 9.67. The van der Waals surface area contributed by atoms with Crippen LogP contribution < -0.4 is 5.32 Å². The van der Waals surface area contributed by atoms with Crippen LogP contribution in [0.25, 0.3) is 10.8 Å². The van der Waals surface area contributed by atoms with E-state index < -0.39 is 18.6 Å². The molecule has 2 aromatic rings. The molecule has 2 aromatic carbocycles. The van der Waals surface area contributed by atoms with E-state index in [0.29, 0.717) is 0 Å². The van der Waals surface area contributed by atoms with Gasteiger partial charge in [0.1, 0.15) is 0 Å². The monoisotopic (exact) mass is 274 g/mol. The van der Waals surface area contributed by atoms with E-state index >= 15 is 0 Å². The quantitative estimate of drug-likeness (QED) is 0.605. The Balaban J connectivity index is 2.36.